The lowest BCUT2D eigenvalue weighted by Gasteiger charge is -2.13. The molecule has 0 saturated heterocycles. The molecule has 2 aromatic heterocycles. The summed E-state index contributed by atoms with van der Waals surface area (Å²) in [4.78, 5) is 8.40. The van der Waals surface area contributed by atoms with E-state index in [9.17, 15) is 25.9 Å². The molecule has 5 rings (SSSR count). The van der Waals surface area contributed by atoms with Crippen LogP contribution in [0.5, 0.6) is 0 Å². The molecular formula is C24H14N2O6S2-2. The molecule has 2 heterocycles. The highest BCUT2D eigenvalue weighted by Gasteiger charge is 2.13. The summed E-state index contributed by atoms with van der Waals surface area (Å²) in [5, 5.41) is 1.57. The Labute approximate surface area is 195 Å². The van der Waals surface area contributed by atoms with Gasteiger partial charge < -0.3 is 9.11 Å². The van der Waals surface area contributed by atoms with Crippen LogP contribution in [0.25, 0.3) is 44.1 Å². The maximum absolute atomic E-state index is 11.2. The average Bonchev–Trinajstić information content (AvgIpc) is 2.82. The van der Waals surface area contributed by atoms with Crippen molar-refractivity contribution < 1.29 is 25.9 Å². The lowest BCUT2D eigenvalue weighted by molar-refractivity contribution is 0.461. The highest BCUT2D eigenvalue weighted by atomic mass is 32.2. The van der Waals surface area contributed by atoms with Gasteiger partial charge in [-0.2, -0.15) is 0 Å². The summed E-state index contributed by atoms with van der Waals surface area (Å²) in [5.41, 5.74) is 4.25. The molecule has 0 saturated carbocycles. The van der Waals surface area contributed by atoms with E-state index >= 15 is 0 Å². The molecule has 10 heteroatoms. The smallest absolute Gasteiger partial charge is 0.124 e. The van der Waals surface area contributed by atoms with Crippen LogP contribution in [-0.2, 0) is 20.2 Å². The van der Waals surface area contributed by atoms with Crippen molar-refractivity contribution in [1.82, 2.24) is 9.97 Å². The summed E-state index contributed by atoms with van der Waals surface area (Å²) in [7, 11) is -9.08. The predicted octanol–water partition coefficient (Wildman–Crippen LogP) is 3.93. The molecule has 0 unspecified atom stereocenters. The Hall–Kier alpha value is -3.70. The van der Waals surface area contributed by atoms with Gasteiger partial charge in [0, 0.05) is 23.2 Å². The van der Waals surface area contributed by atoms with Crippen molar-refractivity contribution in [2.45, 2.75) is 9.79 Å². The topological polar surface area (TPSA) is 140 Å². The van der Waals surface area contributed by atoms with Crippen molar-refractivity contribution in [3.63, 3.8) is 0 Å². The molecule has 0 aliphatic heterocycles. The van der Waals surface area contributed by atoms with E-state index < -0.39 is 20.2 Å². The highest BCUT2D eigenvalue weighted by molar-refractivity contribution is 7.86. The minimum atomic E-state index is -4.54. The Morgan fingerprint density at radius 2 is 0.853 bits per heavy atom. The molecule has 5 aromatic rings. The monoisotopic (exact) mass is 490 g/mol. The third kappa shape index (κ3) is 3.93. The van der Waals surface area contributed by atoms with E-state index in [0.29, 0.717) is 22.2 Å². The van der Waals surface area contributed by atoms with Gasteiger partial charge in [0.05, 0.1) is 20.8 Å². The fourth-order valence-electron chi connectivity index (χ4n) is 3.93. The number of fused-ring (bicyclic) bond motifs is 3. The van der Waals surface area contributed by atoms with E-state index in [1.54, 1.807) is 48.8 Å². The Balaban J connectivity index is 1.67. The largest absolute Gasteiger partial charge is 0.744 e. The van der Waals surface area contributed by atoms with Crippen LogP contribution in [0.15, 0.2) is 95.0 Å². The summed E-state index contributed by atoms with van der Waals surface area (Å²) in [5.74, 6) is 0. The van der Waals surface area contributed by atoms with Crippen molar-refractivity contribution in [2.24, 2.45) is 0 Å². The first-order valence-corrected chi connectivity index (χ1v) is 12.7. The lowest BCUT2D eigenvalue weighted by atomic mass is 9.96. The molecule has 0 spiro atoms. The molecule has 0 amide bonds. The zero-order chi connectivity index (χ0) is 24.1. The molecule has 3 aromatic carbocycles. The van der Waals surface area contributed by atoms with Gasteiger partial charge in [-0.15, -0.1) is 0 Å². The van der Waals surface area contributed by atoms with Crippen molar-refractivity contribution in [2.75, 3.05) is 0 Å². The molecule has 34 heavy (non-hydrogen) atoms. The number of nitrogens with zero attached hydrogens (tertiary/aromatic N) is 2. The second-order valence-corrected chi connectivity index (χ2v) is 10.3. The molecule has 0 radical (unpaired) electrons. The molecule has 0 N–H and O–H groups in total. The second kappa shape index (κ2) is 7.96. The number of hydrogen-bond donors (Lipinski definition) is 0. The molecule has 8 nitrogen and oxygen atoms in total. The minimum Gasteiger partial charge on any atom is -0.744 e. The van der Waals surface area contributed by atoms with Crippen LogP contribution in [0.1, 0.15) is 0 Å². The SMILES string of the molecule is O=S(=O)([O-])c1ccc(-c2ccnc3c2ccc2c(-c4ccc(S(=O)(=O)[O-])cc4)ccnc23)cc1. The number of hydrogen-bond acceptors (Lipinski definition) is 8. The Kier molecular flexibility index (Phi) is 5.18. The maximum atomic E-state index is 11.2. The van der Waals surface area contributed by atoms with E-state index in [2.05, 4.69) is 9.97 Å². The molecule has 0 aliphatic carbocycles. The summed E-state index contributed by atoms with van der Waals surface area (Å²) < 4.78 is 67.4. The van der Waals surface area contributed by atoms with Crippen molar-refractivity contribution in [3.05, 3.63) is 85.2 Å². The fourth-order valence-corrected chi connectivity index (χ4v) is 4.87. The van der Waals surface area contributed by atoms with E-state index in [-0.39, 0.29) is 9.79 Å². The quantitative estimate of drug-likeness (QED) is 0.273. The van der Waals surface area contributed by atoms with Crippen molar-refractivity contribution >= 4 is 42.0 Å². The second-order valence-electron chi connectivity index (χ2n) is 7.53. The molecule has 0 atom stereocenters. The van der Waals surface area contributed by atoms with Gasteiger partial charge in [0.2, 0.25) is 0 Å². The Morgan fingerprint density at radius 1 is 0.500 bits per heavy atom. The molecule has 0 bridgehead atoms. The Bertz CT molecular complexity index is 1650. The van der Waals surface area contributed by atoms with Gasteiger partial charge in [0.1, 0.15) is 20.2 Å². The lowest BCUT2D eigenvalue weighted by Crippen LogP contribution is -1.98. The third-order valence-electron chi connectivity index (χ3n) is 5.53. The zero-order valence-corrected chi connectivity index (χ0v) is 18.9. The van der Waals surface area contributed by atoms with Crippen LogP contribution in [0.3, 0.4) is 0 Å². The maximum Gasteiger partial charge on any atom is 0.124 e. The number of benzene rings is 3. The first kappa shape index (κ1) is 22.1. The van der Waals surface area contributed by atoms with Crippen LogP contribution >= 0.6 is 0 Å². The summed E-state index contributed by atoms with van der Waals surface area (Å²) >= 11 is 0. The van der Waals surface area contributed by atoms with Gasteiger partial charge in [0.25, 0.3) is 0 Å². The number of aromatic nitrogens is 2. The van der Waals surface area contributed by atoms with Gasteiger partial charge in [0.15, 0.2) is 0 Å². The van der Waals surface area contributed by atoms with Gasteiger partial charge >= 0.3 is 0 Å². The number of rotatable bonds is 4. The van der Waals surface area contributed by atoms with E-state index in [1.807, 2.05) is 12.1 Å². The first-order valence-electron chi connectivity index (χ1n) is 9.92. The molecular weight excluding hydrogens is 476 g/mol. The zero-order valence-electron chi connectivity index (χ0n) is 17.2. The standard InChI is InChI=1S/C24H16N2O6S2/c27-33(28,29)17-5-1-15(2-6-17)19-11-13-25-23-21(19)9-10-22-20(12-14-26-24(22)23)16-3-7-18(8-4-16)34(30,31)32/h1-14H,(H,27,28,29)(H,30,31,32)/p-2. The number of pyridine rings is 2. The average molecular weight is 491 g/mol. The van der Waals surface area contributed by atoms with Crippen LogP contribution in [0, 0.1) is 0 Å². The molecule has 0 fully saturated rings. The van der Waals surface area contributed by atoms with Crippen LogP contribution in [0.4, 0.5) is 0 Å². The van der Waals surface area contributed by atoms with E-state index in [1.165, 1.54) is 24.3 Å². The summed E-state index contributed by atoms with van der Waals surface area (Å²) in [6.45, 7) is 0. The van der Waals surface area contributed by atoms with Crippen LogP contribution in [0.2, 0.25) is 0 Å². The predicted molar refractivity (Wildman–Crippen MR) is 124 cm³/mol. The normalized spacial score (nSPS) is 12.3. The highest BCUT2D eigenvalue weighted by Crippen LogP contribution is 2.35. The van der Waals surface area contributed by atoms with E-state index in [4.69, 9.17) is 0 Å². The first-order chi connectivity index (χ1) is 16.1. The minimum absolute atomic E-state index is 0.304. The summed E-state index contributed by atoms with van der Waals surface area (Å²) in [6.07, 6.45) is 3.25. The van der Waals surface area contributed by atoms with Gasteiger partial charge in [-0.05, 0) is 58.7 Å². The van der Waals surface area contributed by atoms with Gasteiger partial charge in [-0.3, -0.25) is 9.97 Å². The van der Waals surface area contributed by atoms with Crippen LogP contribution < -0.4 is 0 Å². The van der Waals surface area contributed by atoms with Crippen LogP contribution in [-0.4, -0.2) is 35.9 Å². The summed E-state index contributed by atoms with van der Waals surface area (Å²) in [6, 6.07) is 18.7. The van der Waals surface area contributed by atoms with Gasteiger partial charge in [-0.1, -0.05) is 36.4 Å². The fraction of sp³-hybridized carbons (Fsp3) is 0. The van der Waals surface area contributed by atoms with E-state index in [0.717, 1.165) is 21.9 Å². The molecule has 170 valence electrons. The van der Waals surface area contributed by atoms with Crippen molar-refractivity contribution in [3.8, 4) is 22.3 Å². The van der Waals surface area contributed by atoms with Crippen molar-refractivity contribution in [1.29, 1.82) is 0 Å². The Morgan fingerprint density at radius 3 is 1.18 bits per heavy atom. The molecule has 0 aliphatic rings. The third-order valence-corrected chi connectivity index (χ3v) is 7.23. The van der Waals surface area contributed by atoms with Gasteiger partial charge in [-0.25, -0.2) is 16.8 Å².